The first-order chi connectivity index (χ1) is 14.5. The third-order valence-corrected chi connectivity index (χ3v) is 6.93. The van der Waals surface area contributed by atoms with Gasteiger partial charge in [0.15, 0.2) is 0 Å². The van der Waals surface area contributed by atoms with Gasteiger partial charge in [0, 0.05) is 32.1 Å². The summed E-state index contributed by atoms with van der Waals surface area (Å²) in [7, 11) is -3.73. The Labute approximate surface area is 175 Å². The molecule has 2 aromatic carbocycles. The fourth-order valence-electron chi connectivity index (χ4n) is 3.56. The molecule has 2 heterocycles. The first-order valence-electron chi connectivity index (χ1n) is 9.68. The summed E-state index contributed by atoms with van der Waals surface area (Å²) < 4.78 is 33.5. The molecule has 1 aliphatic rings. The Morgan fingerprint density at radius 3 is 2.30 bits per heavy atom. The molecular formula is C21H22N4O4S. The summed E-state index contributed by atoms with van der Waals surface area (Å²) in [5.74, 6) is 0.390. The molecule has 1 atom stereocenters. The van der Waals surface area contributed by atoms with Crippen molar-refractivity contribution in [2.45, 2.75) is 24.3 Å². The second kappa shape index (κ2) is 8.37. The van der Waals surface area contributed by atoms with Gasteiger partial charge >= 0.3 is 0 Å². The molecule has 1 aromatic heterocycles. The van der Waals surface area contributed by atoms with Crippen LogP contribution in [0.5, 0.6) is 0 Å². The van der Waals surface area contributed by atoms with E-state index in [1.165, 1.54) is 4.31 Å². The number of aromatic nitrogens is 2. The zero-order valence-electron chi connectivity index (χ0n) is 16.5. The Morgan fingerprint density at radius 1 is 1.00 bits per heavy atom. The van der Waals surface area contributed by atoms with E-state index in [0.717, 1.165) is 0 Å². The highest BCUT2D eigenvalue weighted by atomic mass is 32.2. The molecular weight excluding hydrogens is 404 g/mol. The van der Waals surface area contributed by atoms with Crippen molar-refractivity contribution in [3.8, 4) is 0 Å². The third-order valence-electron chi connectivity index (χ3n) is 5.05. The molecule has 0 bridgehead atoms. The lowest BCUT2D eigenvalue weighted by atomic mass is 10.1. The van der Waals surface area contributed by atoms with Crippen LogP contribution in [-0.2, 0) is 10.0 Å². The van der Waals surface area contributed by atoms with Crippen LogP contribution in [0.15, 0.2) is 70.0 Å². The SMILES string of the molecule is Cc1nnc(C2CN(S(=O)(=O)c3ccccc3)CCCN2C(=O)c2ccccc2)o1. The van der Waals surface area contributed by atoms with Crippen molar-refractivity contribution in [1.82, 2.24) is 19.4 Å². The van der Waals surface area contributed by atoms with E-state index in [2.05, 4.69) is 10.2 Å². The van der Waals surface area contributed by atoms with E-state index in [1.807, 2.05) is 6.07 Å². The van der Waals surface area contributed by atoms with Gasteiger partial charge in [0.1, 0.15) is 6.04 Å². The fraction of sp³-hybridized carbons (Fsp3) is 0.286. The van der Waals surface area contributed by atoms with E-state index in [1.54, 1.807) is 66.4 Å². The molecule has 4 rings (SSSR count). The summed E-state index contributed by atoms with van der Waals surface area (Å²) in [6.07, 6.45) is 0.494. The minimum Gasteiger partial charge on any atom is -0.423 e. The van der Waals surface area contributed by atoms with Crippen LogP contribution in [0, 0.1) is 6.92 Å². The smallest absolute Gasteiger partial charge is 0.254 e. The minimum absolute atomic E-state index is 0.0391. The van der Waals surface area contributed by atoms with Gasteiger partial charge in [0.05, 0.1) is 4.90 Å². The molecule has 0 spiro atoms. The van der Waals surface area contributed by atoms with Gasteiger partial charge in [-0.1, -0.05) is 36.4 Å². The summed E-state index contributed by atoms with van der Waals surface area (Å²) in [4.78, 5) is 15.1. The van der Waals surface area contributed by atoms with Gasteiger partial charge in [-0.2, -0.15) is 4.31 Å². The predicted octanol–water partition coefficient (Wildman–Crippen LogP) is 2.66. The molecule has 1 aliphatic heterocycles. The van der Waals surface area contributed by atoms with Crippen LogP contribution in [0.25, 0.3) is 0 Å². The Bertz CT molecular complexity index is 1120. The Hall–Kier alpha value is -3.04. The standard InChI is InChI=1S/C21H22N4O4S/c1-16-22-23-20(29-16)19-15-24(30(27,28)18-11-6-3-7-12-18)13-8-14-25(19)21(26)17-9-4-2-5-10-17/h2-7,9-12,19H,8,13-15H2,1H3. The quantitative estimate of drug-likeness (QED) is 0.636. The van der Waals surface area contributed by atoms with Gasteiger partial charge in [0.25, 0.3) is 5.91 Å². The molecule has 8 nitrogen and oxygen atoms in total. The van der Waals surface area contributed by atoms with Crippen LogP contribution in [0.4, 0.5) is 0 Å². The molecule has 3 aromatic rings. The lowest BCUT2D eigenvalue weighted by molar-refractivity contribution is 0.0654. The van der Waals surface area contributed by atoms with Crippen LogP contribution in [0.2, 0.25) is 0 Å². The molecule has 30 heavy (non-hydrogen) atoms. The van der Waals surface area contributed by atoms with Gasteiger partial charge < -0.3 is 9.32 Å². The Balaban J connectivity index is 1.71. The van der Waals surface area contributed by atoms with E-state index in [9.17, 15) is 13.2 Å². The third kappa shape index (κ3) is 3.99. The molecule has 1 unspecified atom stereocenters. The van der Waals surface area contributed by atoms with Gasteiger partial charge in [-0.25, -0.2) is 8.42 Å². The molecule has 0 saturated carbocycles. The maximum absolute atomic E-state index is 13.2. The van der Waals surface area contributed by atoms with Crippen LogP contribution in [-0.4, -0.2) is 53.4 Å². The highest BCUT2D eigenvalue weighted by Gasteiger charge is 2.37. The number of sulfonamides is 1. The number of amides is 1. The molecule has 0 aliphatic carbocycles. The minimum atomic E-state index is -3.73. The zero-order valence-corrected chi connectivity index (χ0v) is 17.3. The predicted molar refractivity (Wildman–Crippen MR) is 109 cm³/mol. The number of hydrogen-bond donors (Lipinski definition) is 0. The van der Waals surface area contributed by atoms with Gasteiger partial charge in [0.2, 0.25) is 21.8 Å². The van der Waals surface area contributed by atoms with Gasteiger partial charge in [-0.15, -0.1) is 10.2 Å². The first-order valence-corrected chi connectivity index (χ1v) is 11.1. The van der Waals surface area contributed by atoms with Crippen LogP contribution in [0.3, 0.4) is 0 Å². The second-order valence-electron chi connectivity index (χ2n) is 7.07. The van der Waals surface area contributed by atoms with Crippen molar-refractivity contribution in [1.29, 1.82) is 0 Å². The number of rotatable bonds is 4. The zero-order chi connectivity index (χ0) is 21.1. The van der Waals surface area contributed by atoms with Crippen molar-refractivity contribution in [2.75, 3.05) is 19.6 Å². The Morgan fingerprint density at radius 2 is 1.67 bits per heavy atom. The summed E-state index contributed by atoms with van der Waals surface area (Å²) >= 11 is 0. The van der Waals surface area contributed by atoms with Crippen molar-refractivity contribution in [3.05, 3.63) is 78.0 Å². The van der Waals surface area contributed by atoms with Crippen LogP contribution >= 0.6 is 0 Å². The monoisotopic (exact) mass is 426 g/mol. The van der Waals surface area contributed by atoms with Crippen LogP contribution in [0.1, 0.15) is 34.6 Å². The molecule has 156 valence electrons. The Kier molecular flexibility index (Phi) is 5.65. The van der Waals surface area contributed by atoms with Crippen molar-refractivity contribution < 1.29 is 17.6 Å². The summed E-state index contributed by atoms with van der Waals surface area (Å²) in [5.41, 5.74) is 0.526. The summed E-state index contributed by atoms with van der Waals surface area (Å²) in [5, 5.41) is 7.98. The first kappa shape index (κ1) is 20.2. The number of aryl methyl sites for hydroxylation is 1. The fourth-order valence-corrected chi connectivity index (χ4v) is 5.07. The lowest BCUT2D eigenvalue weighted by Crippen LogP contribution is -2.40. The normalized spacial score (nSPS) is 18.2. The molecule has 1 amide bonds. The molecule has 0 radical (unpaired) electrons. The average Bonchev–Trinajstić information content (AvgIpc) is 3.07. The van der Waals surface area contributed by atoms with E-state index in [-0.39, 0.29) is 23.2 Å². The maximum atomic E-state index is 13.2. The largest absolute Gasteiger partial charge is 0.423 e. The average molecular weight is 426 g/mol. The topological polar surface area (TPSA) is 96.6 Å². The number of nitrogens with zero attached hydrogens (tertiary/aromatic N) is 4. The van der Waals surface area contributed by atoms with Crippen molar-refractivity contribution in [3.63, 3.8) is 0 Å². The number of carbonyl (C=O) groups is 1. The second-order valence-corrected chi connectivity index (χ2v) is 9.01. The molecule has 1 fully saturated rings. The lowest BCUT2D eigenvalue weighted by Gasteiger charge is -2.29. The summed E-state index contributed by atoms with van der Waals surface area (Å²) in [6.45, 7) is 2.37. The van der Waals surface area contributed by atoms with Crippen LogP contribution < -0.4 is 0 Å². The molecule has 0 N–H and O–H groups in total. The number of carbonyl (C=O) groups excluding carboxylic acids is 1. The van der Waals surface area contributed by atoms with Crippen molar-refractivity contribution in [2.24, 2.45) is 0 Å². The number of benzene rings is 2. The highest BCUT2D eigenvalue weighted by molar-refractivity contribution is 7.89. The maximum Gasteiger partial charge on any atom is 0.254 e. The van der Waals surface area contributed by atoms with E-state index in [0.29, 0.717) is 31.0 Å². The van der Waals surface area contributed by atoms with Gasteiger partial charge in [-0.05, 0) is 30.7 Å². The van der Waals surface area contributed by atoms with Gasteiger partial charge in [-0.3, -0.25) is 4.79 Å². The summed E-state index contributed by atoms with van der Waals surface area (Å²) in [6, 6.07) is 16.5. The van der Waals surface area contributed by atoms with E-state index in [4.69, 9.17) is 4.42 Å². The van der Waals surface area contributed by atoms with E-state index >= 15 is 0 Å². The molecule has 9 heteroatoms. The van der Waals surface area contributed by atoms with Crippen molar-refractivity contribution >= 4 is 15.9 Å². The highest BCUT2D eigenvalue weighted by Crippen LogP contribution is 2.29. The van der Waals surface area contributed by atoms with E-state index < -0.39 is 16.1 Å². The molecule has 1 saturated heterocycles. The number of hydrogen-bond acceptors (Lipinski definition) is 6.